The van der Waals surface area contributed by atoms with Crippen molar-refractivity contribution in [2.24, 2.45) is 5.73 Å². The van der Waals surface area contributed by atoms with Crippen molar-refractivity contribution in [2.75, 3.05) is 12.4 Å². The molecule has 6 nitrogen and oxygen atoms in total. The Kier molecular flexibility index (Phi) is 5.35. The number of benzene rings is 2. The Labute approximate surface area is 161 Å². The van der Waals surface area contributed by atoms with Crippen LogP contribution in [0.1, 0.15) is 21.5 Å². The number of nitrogens with one attached hydrogen (secondary N) is 2. The first kappa shape index (κ1) is 19.0. The van der Waals surface area contributed by atoms with Gasteiger partial charge in [0.1, 0.15) is 17.3 Å². The number of hydrogen-bond donors (Lipinski definition) is 3. The summed E-state index contributed by atoms with van der Waals surface area (Å²) in [4.78, 5) is 15.7. The zero-order chi connectivity index (χ0) is 20.3. The molecule has 0 bridgehead atoms. The number of aryl methyl sites for hydroxylation is 1. The fraction of sp³-hybridized carbons (Fsp3) is 0.0952. The minimum absolute atomic E-state index is 0.162. The van der Waals surface area contributed by atoms with Gasteiger partial charge in [0, 0.05) is 54.5 Å². The lowest BCUT2D eigenvalue weighted by molar-refractivity contribution is 0.0999. The zero-order valence-corrected chi connectivity index (χ0v) is 15.4. The number of anilines is 1. The first-order valence-electron chi connectivity index (χ1n) is 8.49. The highest BCUT2D eigenvalue weighted by Crippen LogP contribution is 2.30. The molecule has 3 rings (SSSR count). The van der Waals surface area contributed by atoms with Crippen molar-refractivity contribution in [1.29, 1.82) is 5.41 Å². The van der Waals surface area contributed by atoms with Gasteiger partial charge >= 0.3 is 0 Å². The highest BCUT2D eigenvalue weighted by molar-refractivity contribution is 5.94. The summed E-state index contributed by atoms with van der Waals surface area (Å²) in [6.07, 6.45) is 2.54. The second-order valence-corrected chi connectivity index (χ2v) is 6.13. The lowest BCUT2D eigenvalue weighted by atomic mass is 10.0. The molecule has 0 unspecified atom stereocenters. The number of nitrogens with two attached hydrogens (primary N) is 1. The van der Waals surface area contributed by atoms with Gasteiger partial charge in [-0.05, 0) is 30.7 Å². The number of rotatable bonds is 6. The van der Waals surface area contributed by atoms with Gasteiger partial charge in [-0.2, -0.15) is 0 Å². The Balaban J connectivity index is 1.92. The smallest absolute Gasteiger partial charge is 0.248 e. The van der Waals surface area contributed by atoms with E-state index in [1.54, 1.807) is 50.5 Å². The molecule has 0 saturated heterocycles. The molecule has 7 heteroatoms. The number of carbonyl (C=O) groups excluding carboxylic acids is 1. The van der Waals surface area contributed by atoms with E-state index in [9.17, 15) is 9.18 Å². The maximum atomic E-state index is 14.2. The number of halogens is 1. The van der Waals surface area contributed by atoms with Crippen LogP contribution in [-0.2, 0) is 0 Å². The van der Waals surface area contributed by atoms with Crippen LogP contribution in [0.25, 0.3) is 11.3 Å². The number of primary amides is 1. The molecule has 1 heterocycles. The third-order valence-corrected chi connectivity index (χ3v) is 4.27. The van der Waals surface area contributed by atoms with Crippen molar-refractivity contribution in [3.05, 3.63) is 71.2 Å². The van der Waals surface area contributed by atoms with Crippen molar-refractivity contribution in [1.82, 2.24) is 4.98 Å². The Morgan fingerprint density at radius 1 is 1.21 bits per heavy atom. The quantitative estimate of drug-likeness (QED) is 0.562. The maximum Gasteiger partial charge on any atom is 0.248 e. The molecule has 28 heavy (non-hydrogen) atoms. The summed E-state index contributed by atoms with van der Waals surface area (Å²) >= 11 is 0. The Morgan fingerprint density at radius 3 is 2.64 bits per heavy atom. The molecule has 0 spiro atoms. The first-order chi connectivity index (χ1) is 13.4. The number of nitrogens with zero attached hydrogens (tertiary/aromatic N) is 1. The topological polar surface area (TPSA) is 101 Å². The maximum absolute atomic E-state index is 14.2. The molecule has 0 aliphatic rings. The van der Waals surface area contributed by atoms with Gasteiger partial charge in [-0.3, -0.25) is 9.78 Å². The number of hydrogen-bond acceptors (Lipinski definition) is 5. The highest BCUT2D eigenvalue weighted by atomic mass is 19.1. The van der Waals surface area contributed by atoms with Gasteiger partial charge in [0.2, 0.25) is 5.91 Å². The van der Waals surface area contributed by atoms with E-state index in [1.165, 1.54) is 6.07 Å². The minimum atomic E-state index is -0.552. The molecule has 0 saturated carbocycles. The summed E-state index contributed by atoms with van der Waals surface area (Å²) in [5.74, 6) is -0.260. The molecule has 3 aromatic rings. The van der Waals surface area contributed by atoms with E-state index in [0.717, 1.165) is 17.3 Å². The van der Waals surface area contributed by atoms with E-state index in [-0.39, 0.29) is 5.56 Å². The number of amides is 1. The lowest BCUT2D eigenvalue weighted by Crippen LogP contribution is -2.12. The van der Waals surface area contributed by atoms with Crippen molar-refractivity contribution in [3.8, 4) is 22.8 Å². The van der Waals surface area contributed by atoms with Gasteiger partial charge in [-0.15, -0.1) is 0 Å². The van der Waals surface area contributed by atoms with Crippen LogP contribution >= 0.6 is 0 Å². The number of ether oxygens (including phenoxy) is 1. The number of pyridine rings is 1. The summed E-state index contributed by atoms with van der Waals surface area (Å²) < 4.78 is 20.0. The Bertz CT molecular complexity index is 1070. The summed E-state index contributed by atoms with van der Waals surface area (Å²) in [7, 11) is 1.65. The summed E-state index contributed by atoms with van der Waals surface area (Å²) in [5.41, 5.74) is 8.61. The van der Waals surface area contributed by atoms with Gasteiger partial charge in [0.15, 0.2) is 0 Å². The van der Waals surface area contributed by atoms with Crippen LogP contribution in [0.3, 0.4) is 0 Å². The average molecular weight is 378 g/mol. The van der Waals surface area contributed by atoms with Crippen molar-refractivity contribution < 1.29 is 13.9 Å². The third kappa shape index (κ3) is 3.83. The molecule has 1 aromatic heterocycles. The second-order valence-electron chi connectivity index (χ2n) is 6.13. The van der Waals surface area contributed by atoms with Crippen molar-refractivity contribution in [3.63, 3.8) is 0 Å². The molecule has 142 valence electrons. The van der Waals surface area contributed by atoms with Crippen LogP contribution in [0.5, 0.6) is 11.5 Å². The Hall–Kier alpha value is -3.74. The summed E-state index contributed by atoms with van der Waals surface area (Å²) in [6.45, 7) is 1.80. The van der Waals surface area contributed by atoms with Gasteiger partial charge in [0.25, 0.3) is 0 Å². The van der Waals surface area contributed by atoms with Crippen LogP contribution in [0.4, 0.5) is 10.1 Å². The highest BCUT2D eigenvalue weighted by Gasteiger charge is 2.11. The molecule has 0 aliphatic carbocycles. The van der Waals surface area contributed by atoms with E-state index in [4.69, 9.17) is 15.9 Å². The fourth-order valence-electron chi connectivity index (χ4n) is 2.87. The molecule has 0 atom stereocenters. The number of carbonyl (C=O) groups is 1. The van der Waals surface area contributed by atoms with Crippen LogP contribution in [0.15, 0.2) is 48.7 Å². The lowest BCUT2D eigenvalue weighted by Gasteiger charge is -2.12. The predicted molar refractivity (Wildman–Crippen MR) is 107 cm³/mol. The van der Waals surface area contributed by atoms with E-state index >= 15 is 0 Å². The van der Waals surface area contributed by atoms with Gasteiger partial charge in [-0.1, -0.05) is 6.07 Å². The van der Waals surface area contributed by atoms with E-state index in [2.05, 4.69) is 10.3 Å². The molecule has 4 N–H and O–H groups in total. The standard InChI is InChI=1S/C21H19FN4O2/c1-12-7-13(3-4-16(12)21(24)27)19-9-14(5-6-26-19)28-15-8-18(22)17(11-23)20(10-15)25-2/h3-11,23,25H,1-2H3,(H2,24,27). The minimum Gasteiger partial charge on any atom is -0.457 e. The second kappa shape index (κ2) is 7.87. The molecule has 0 radical (unpaired) electrons. The van der Waals surface area contributed by atoms with Crippen LogP contribution in [0.2, 0.25) is 0 Å². The first-order valence-corrected chi connectivity index (χ1v) is 8.49. The summed E-state index contributed by atoms with van der Waals surface area (Å²) in [6, 6.07) is 11.5. The monoisotopic (exact) mass is 378 g/mol. The van der Waals surface area contributed by atoms with Crippen molar-refractivity contribution >= 4 is 17.8 Å². The number of aromatic nitrogens is 1. The molecule has 1 amide bonds. The van der Waals surface area contributed by atoms with E-state index < -0.39 is 11.7 Å². The van der Waals surface area contributed by atoms with Crippen molar-refractivity contribution in [2.45, 2.75) is 6.92 Å². The van der Waals surface area contributed by atoms with Gasteiger partial charge < -0.3 is 21.2 Å². The fourth-order valence-corrected chi connectivity index (χ4v) is 2.87. The predicted octanol–water partition coefficient (Wildman–Crippen LogP) is 4.13. The molecule has 0 aliphatic heterocycles. The van der Waals surface area contributed by atoms with E-state index in [1.807, 2.05) is 6.07 Å². The normalized spacial score (nSPS) is 10.4. The van der Waals surface area contributed by atoms with E-state index in [0.29, 0.717) is 28.4 Å². The molecule has 2 aromatic carbocycles. The SMILES string of the molecule is CNc1cc(Oc2ccnc(-c3ccc(C(N)=O)c(C)c3)c2)cc(F)c1C=N. The summed E-state index contributed by atoms with van der Waals surface area (Å²) in [5, 5.41) is 10.2. The van der Waals surface area contributed by atoms with Crippen LogP contribution < -0.4 is 15.8 Å². The molecular formula is C21H19FN4O2. The Morgan fingerprint density at radius 2 is 2.00 bits per heavy atom. The van der Waals surface area contributed by atoms with Crippen LogP contribution in [-0.4, -0.2) is 24.2 Å². The van der Waals surface area contributed by atoms with Gasteiger partial charge in [0.05, 0.1) is 11.3 Å². The zero-order valence-electron chi connectivity index (χ0n) is 15.4. The third-order valence-electron chi connectivity index (χ3n) is 4.27. The van der Waals surface area contributed by atoms with Crippen LogP contribution in [0, 0.1) is 18.2 Å². The van der Waals surface area contributed by atoms with Gasteiger partial charge in [-0.25, -0.2) is 4.39 Å². The molecular weight excluding hydrogens is 359 g/mol. The largest absolute Gasteiger partial charge is 0.457 e. The average Bonchev–Trinajstić information content (AvgIpc) is 2.67. The molecule has 0 fully saturated rings.